The summed E-state index contributed by atoms with van der Waals surface area (Å²) in [6.07, 6.45) is 1.42. The third kappa shape index (κ3) is 4.06. The summed E-state index contributed by atoms with van der Waals surface area (Å²) >= 11 is 18.9. The molecule has 0 saturated carbocycles. The monoisotopic (exact) mass is 518 g/mol. The highest BCUT2D eigenvalue weighted by Gasteiger charge is 2.14. The molecule has 0 spiro atoms. The molecule has 1 amide bonds. The van der Waals surface area contributed by atoms with Gasteiger partial charge in [-0.3, -0.25) is 4.79 Å². The van der Waals surface area contributed by atoms with Gasteiger partial charge in [-0.05, 0) is 51.8 Å². The number of rotatable bonds is 4. The van der Waals surface area contributed by atoms with E-state index in [1.807, 2.05) is 12.1 Å². The van der Waals surface area contributed by atoms with Crippen molar-refractivity contribution in [3.63, 3.8) is 0 Å². The maximum absolute atomic E-state index is 12.2. The van der Waals surface area contributed by atoms with Gasteiger partial charge in [-0.2, -0.15) is 5.10 Å². The van der Waals surface area contributed by atoms with Crippen molar-refractivity contribution < 1.29 is 13.9 Å². The molecule has 26 heavy (non-hydrogen) atoms. The molecule has 1 heterocycles. The van der Waals surface area contributed by atoms with Gasteiger partial charge in [0, 0.05) is 9.86 Å². The molecule has 0 bridgehead atoms. The standard InChI is InChI=1S/C17H10Br2Cl2N2O3/c1-25-16-12(20)2-8(3-13(16)21)7-22-23-17(24)14-5-9-4-10(18)6-11(19)15(9)26-14/h2-7H,1H3,(H,23,24)/b22-7-. The molecule has 5 nitrogen and oxygen atoms in total. The van der Waals surface area contributed by atoms with Crippen molar-refractivity contribution in [2.24, 2.45) is 5.10 Å². The number of hydrogen-bond donors (Lipinski definition) is 1. The van der Waals surface area contributed by atoms with Crippen molar-refractivity contribution in [2.45, 2.75) is 0 Å². The zero-order chi connectivity index (χ0) is 18.8. The Morgan fingerprint density at radius 3 is 2.54 bits per heavy atom. The number of amides is 1. The quantitative estimate of drug-likeness (QED) is 0.337. The van der Waals surface area contributed by atoms with Gasteiger partial charge in [-0.1, -0.05) is 39.1 Å². The zero-order valence-corrected chi connectivity index (χ0v) is 17.8. The van der Waals surface area contributed by atoms with Gasteiger partial charge in [0.15, 0.2) is 11.5 Å². The fourth-order valence-electron chi connectivity index (χ4n) is 2.26. The fraction of sp³-hybridized carbons (Fsp3) is 0.0588. The van der Waals surface area contributed by atoms with Gasteiger partial charge < -0.3 is 9.15 Å². The van der Waals surface area contributed by atoms with Crippen LogP contribution in [0.15, 0.2) is 48.8 Å². The van der Waals surface area contributed by atoms with Gasteiger partial charge in [-0.15, -0.1) is 0 Å². The molecule has 0 unspecified atom stereocenters. The minimum atomic E-state index is -0.480. The minimum absolute atomic E-state index is 0.141. The molecule has 0 fully saturated rings. The Bertz CT molecular complexity index is 1010. The maximum atomic E-state index is 12.2. The number of nitrogens with one attached hydrogen (secondary N) is 1. The van der Waals surface area contributed by atoms with Crippen LogP contribution >= 0.6 is 55.1 Å². The zero-order valence-electron chi connectivity index (χ0n) is 13.1. The molecule has 0 aliphatic heterocycles. The predicted octanol–water partition coefficient (Wildman–Crippen LogP) is 6.04. The largest absolute Gasteiger partial charge is 0.494 e. The summed E-state index contributed by atoms with van der Waals surface area (Å²) in [5, 5.41) is 5.38. The number of halogens is 4. The highest BCUT2D eigenvalue weighted by molar-refractivity contribution is 9.11. The van der Waals surface area contributed by atoms with Crippen molar-refractivity contribution in [1.82, 2.24) is 5.43 Å². The number of ether oxygens (including phenoxy) is 1. The molecule has 134 valence electrons. The lowest BCUT2D eigenvalue weighted by Gasteiger charge is -2.06. The molecule has 3 aromatic rings. The number of furan rings is 1. The first-order valence-electron chi connectivity index (χ1n) is 7.14. The Kier molecular flexibility index (Phi) is 5.92. The Hall–Kier alpha value is -1.54. The van der Waals surface area contributed by atoms with Gasteiger partial charge in [0.2, 0.25) is 0 Å². The van der Waals surface area contributed by atoms with Crippen LogP contribution in [-0.2, 0) is 0 Å². The number of benzene rings is 2. The summed E-state index contributed by atoms with van der Waals surface area (Å²) in [6, 6.07) is 8.57. The van der Waals surface area contributed by atoms with Gasteiger partial charge in [-0.25, -0.2) is 5.43 Å². The molecule has 0 saturated heterocycles. The molecular weight excluding hydrogens is 511 g/mol. The number of carbonyl (C=O) groups excluding carboxylic acids is 1. The van der Waals surface area contributed by atoms with E-state index in [1.54, 1.807) is 18.2 Å². The number of nitrogens with zero attached hydrogens (tertiary/aromatic N) is 1. The van der Waals surface area contributed by atoms with Gasteiger partial charge in [0.25, 0.3) is 0 Å². The topological polar surface area (TPSA) is 63.8 Å². The lowest BCUT2D eigenvalue weighted by atomic mass is 10.2. The van der Waals surface area contributed by atoms with Crippen LogP contribution in [0.5, 0.6) is 5.75 Å². The molecule has 9 heteroatoms. The summed E-state index contributed by atoms with van der Waals surface area (Å²) < 4.78 is 12.3. The van der Waals surface area contributed by atoms with E-state index in [9.17, 15) is 4.79 Å². The van der Waals surface area contributed by atoms with Crippen LogP contribution in [0.3, 0.4) is 0 Å². The number of methoxy groups -OCH3 is 1. The van der Waals surface area contributed by atoms with E-state index in [4.69, 9.17) is 32.4 Å². The minimum Gasteiger partial charge on any atom is -0.494 e. The highest BCUT2D eigenvalue weighted by atomic mass is 79.9. The Labute approximate surface area is 175 Å². The first-order valence-corrected chi connectivity index (χ1v) is 9.48. The molecule has 1 N–H and O–H groups in total. The summed E-state index contributed by atoms with van der Waals surface area (Å²) in [6.45, 7) is 0. The van der Waals surface area contributed by atoms with Gasteiger partial charge in [0.1, 0.15) is 5.58 Å². The van der Waals surface area contributed by atoms with Crippen molar-refractivity contribution in [3.05, 3.63) is 60.6 Å². The van der Waals surface area contributed by atoms with Crippen LogP contribution in [-0.4, -0.2) is 19.2 Å². The van der Waals surface area contributed by atoms with Crippen molar-refractivity contribution in [3.8, 4) is 5.75 Å². The molecule has 2 aromatic carbocycles. The second kappa shape index (κ2) is 8.00. The molecule has 0 aliphatic rings. The lowest BCUT2D eigenvalue weighted by Crippen LogP contribution is -2.16. The van der Waals surface area contributed by atoms with Crippen molar-refractivity contribution in [2.75, 3.05) is 7.11 Å². The molecule has 3 rings (SSSR count). The summed E-state index contributed by atoms with van der Waals surface area (Å²) in [5.74, 6) is 0.0430. The third-order valence-electron chi connectivity index (χ3n) is 3.36. The van der Waals surface area contributed by atoms with Crippen molar-refractivity contribution in [1.29, 1.82) is 0 Å². The average Bonchev–Trinajstić information content (AvgIpc) is 2.99. The van der Waals surface area contributed by atoms with Crippen molar-refractivity contribution >= 4 is 78.2 Å². The summed E-state index contributed by atoms with van der Waals surface area (Å²) in [5.41, 5.74) is 3.59. The first-order chi connectivity index (χ1) is 12.4. The number of hydrogen-bond acceptors (Lipinski definition) is 4. The Morgan fingerprint density at radius 2 is 1.88 bits per heavy atom. The van der Waals surface area contributed by atoms with E-state index in [1.165, 1.54) is 13.3 Å². The maximum Gasteiger partial charge on any atom is 0.307 e. The van der Waals surface area contributed by atoms with Crippen LogP contribution < -0.4 is 10.2 Å². The van der Waals surface area contributed by atoms with Gasteiger partial charge in [0.05, 0.1) is 27.8 Å². The predicted molar refractivity (Wildman–Crippen MR) is 110 cm³/mol. The molecule has 0 atom stereocenters. The lowest BCUT2D eigenvalue weighted by molar-refractivity contribution is 0.0929. The number of carbonyl (C=O) groups is 1. The first kappa shape index (κ1) is 19.2. The molecular formula is C17H10Br2Cl2N2O3. The van der Waals surface area contributed by atoms with Crippen LogP contribution in [0.2, 0.25) is 10.0 Å². The number of hydrazone groups is 1. The van der Waals surface area contributed by atoms with E-state index in [0.717, 1.165) is 14.3 Å². The van der Waals surface area contributed by atoms with Crippen LogP contribution in [0.25, 0.3) is 11.0 Å². The smallest absolute Gasteiger partial charge is 0.307 e. The van der Waals surface area contributed by atoms with E-state index < -0.39 is 5.91 Å². The van der Waals surface area contributed by atoms with Crippen LogP contribution in [0.1, 0.15) is 16.1 Å². The van der Waals surface area contributed by atoms with E-state index >= 15 is 0 Å². The van der Waals surface area contributed by atoms with Crippen LogP contribution in [0, 0.1) is 0 Å². The second-order valence-electron chi connectivity index (χ2n) is 5.13. The Balaban J connectivity index is 1.77. The molecule has 0 aliphatic carbocycles. The normalized spacial score (nSPS) is 11.3. The van der Waals surface area contributed by atoms with E-state index in [2.05, 4.69) is 42.4 Å². The second-order valence-corrected chi connectivity index (χ2v) is 7.72. The fourth-order valence-corrected chi connectivity index (χ4v) is 4.25. The highest BCUT2D eigenvalue weighted by Crippen LogP contribution is 2.33. The SMILES string of the molecule is COc1c(Cl)cc(/C=N\NC(=O)c2cc3cc(Br)cc(Br)c3o2)cc1Cl. The average molecular weight is 521 g/mol. The molecule has 1 aromatic heterocycles. The summed E-state index contributed by atoms with van der Waals surface area (Å²) in [4.78, 5) is 12.2. The summed E-state index contributed by atoms with van der Waals surface area (Å²) in [7, 11) is 1.48. The third-order valence-corrected chi connectivity index (χ3v) is 4.97. The molecule has 0 radical (unpaired) electrons. The Morgan fingerprint density at radius 1 is 1.19 bits per heavy atom. The van der Waals surface area contributed by atoms with Crippen LogP contribution in [0.4, 0.5) is 0 Å². The van der Waals surface area contributed by atoms with E-state index in [0.29, 0.717) is 26.9 Å². The van der Waals surface area contributed by atoms with Gasteiger partial charge >= 0.3 is 5.91 Å². The van der Waals surface area contributed by atoms with E-state index in [-0.39, 0.29) is 5.76 Å². The number of fused-ring (bicyclic) bond motifs is 1.